The van der Waals surface area contributed by atoms with E-state index in [2.05, 4.69) is 5.32 Å². The molecule has 1 aliphatic heterocycles. The summed E-state index contributed by atoms with van der Waals surface area (Å²) in [7, 11) is 0. The van der Waals surface area contributed by atoms with Crippen LogP contribution in [-0.2, 0) is 11.2 Å². The van der Waals surface area contributed by atoms with Gasteiger partial charge in [0, 0.05) is 47.6 Å². The minimum atomic E-state index is 0.0485. The zero-order valence-corrected chi connectivity index (χ0v) is 17.1. The van der Waals surface area contributed by atoms with Crippen LogP contribution in [0, 0.1) is 13.8 Å². The second kappa shape index (κ2) is 8.31. The number of hydrogen-bond acceptors (Lipinski definition) is 4. The van der Waals surface area contributed by atoms with Gasteiger partial charge in [-0.05, 0) is 51.7 Å². The van der Waals surface area contributed by atoms with Crippen molar-refractivity contribution in [1.82, 2.24) is 20.2 Å². The van der Waals surface area contributed by atoms with Crippen molar-refractivity contribution in [2.24, 2.45) is 0 Å². The number of aromatic nitrogens is 2. The van der Waals surface area contributed by atoms with Crippen LogP contribution in [0.1, 0.15) is 64.7 Å². The van der Waals surface area contributed by atoms with Gasteiger partial charge in [-0.15, -0.1) is 0 Å². The fourth-order valence-electron chi connectivity index (χ4n) is 4.01. The molecule has 1 saturated carbocycles. The Morgan fingerprint density at radius 1 is 1.07 bits per heavy atom. The lowest BCUT2D eigenvalue weighted by Crippen LogP contribution is -2.39. The summed E-state index contributed by atoms with van der Waals surface area (Å²) in [6, 6.07) is 9.78. The van der Waals surface area contributed by atoms with E-state index in [1.165, 1.54) is 0 Å². The molecule has 152 valence electrons. The highest BCUT2D eigenvalue weighted by Crippen LogP contribution is 2.27. The Morgan fingerprint density at radius 2 is 1.76 bits per heavy atom. The van der Waals surface area contributed by atoms with Crippen molar-refractivity contribution in [3.63, 3.8) is 0 Å². The van der Waals surface area contributed by atoms with Gasteiger partial charge < -0.3 is 10.2 Å². The molecule has 0 bridgehead atoms. The molecule has 2 fully saturated rings. The van der Waals surface area contributed by atoms with E-state index in [9.17, 15) is 9.59 Å². The molecule has 4 rings (SSSR count). The minimum absolute atomic E-state index is 0.0485. The Bertz CT molecular complexity index is 885. The summed E-state index contributed by atoms with van der Waals surface area (Å²) in [6.07, 6.45) is 4.41. The van der Waals surface area contributed by atoms with Gasteiger partial charge in [0.1, 0.15) is 5.82 Å². The van der Waals surface area contributed by atoms with Crippen molar-refractivity contribution < 1.29 is 9.59 Å². The van der Waals surface area contributed by atoms with Crippen LogP contribution in [0.5, 0.6) is 0 Å². The zero-order chi connectivity index (χ0) is 20.4. The van der Waals surface area contributed by atoms with Crippen LogP contribution in [-0.4, -0.2) is 45.8 Å². The normalized spacial score (nSPS) is 19.1. The molecule has 29 heavy (non-hydrogen) atoms. The minimum Gasteiger partial charge on any atom is -0.353 e. The zero-order valence-electron chi connectivity index (χ0n) is 17.1. The maximum absolute atomic E-state index is 12.8. The predicted molar refractivity (Wildman–Crippen MR) is 111 cm³/mol. The van der Waals surface area contributed by atoms with E-state index in [0.29, 0.717) is 19.0 Å². The van der Waals surface area contributed by atoms with E-state index in [-0.39, 0.29) is 17.7 Å². The summed E-state index contributed by atoms with van der Waals surface area (Å²) < 4.78 is 0. The van der Waals surface area contributed by atoms with Gasteiger partial charge in [-0.1, -0.05) is 18.2 Å². The SMILES string of the molecule is Cc1nc(C2CCCN(C(=O)c3ccccc3)C2)nc(C)c1CC(=O)NC1CC1. The Labute approximate surface area is 171 Å². The molecule has 1 aromatic heterocycles. The summed E-state index contributed by atoms with van der Waals surface area (Å²) in [5.41, 5.74) is 3.37. The van der Waals surface area contributed by atoms with Gasteiger partial charge in [0.05, 0.1) is 6.42 Å². The summed E-state index contributed by atoms with van der Waals surface area (Å²) in [5.74, 6) is 1.03. The Balaban J connectivity index is 1.47. The lowest BCUT2D eigenvalue weighted by Gasteiger charge is -2.32. The van der Waals surface area contributed by atoms with E-state index in [1.807, 2.05) is 49.1 Å². The lowest BCUT2D eigenvalue weighted by molar-refractivity contribution is -0.120. The van der Waals surface area contributed by atoms with Crippen molar-refractivity contribution in [3.05, 3.63) is 58.7 Å². The first-order chi connectivity index (χ1) is 14.0. The number of nitrogens with one attached hydrogen (secondary N) is 1. The molecule has 1 aromatic carbocycles. The largest absolute Gasteiger partial charge is 0.353 e. The number of amides is 2. The molecule has 1 atom stereocenters. The molecule has 1 aliphatic carbocycles. The molecule has 1 saturated heterocycles. The number of carbonyl (C=O) groups excluding carboxylic acids is 2. The average molecular weight is 393 g/mol. The highest BCUT2D eigenvalue weighted by Gasteiger charge is 2.28. The topological polar surface area (TPSA) is 75.2 Å². The first-order valence-corrected chi connectivity index (χ1v) is 10.5. The number of likely N-dealkylation sites (tertiary alicyclic amines) is 1. The van der Waals surface area contributed by atoms with E-state index in [0.717, 1.165) is 60.6 Å². The predicted octanol–water partition coefficient (Wildman–Crippen LogP) is 2.93. The molecule has 1 unspecified atom stereocenters. The maximum Gasteiger partial charge on any atom is 0.253 e. The number of piperidine rings is 1. The molecule has 1 N–H and O–H groups in total. The molecule has 0 radical (unpaired) electrons. The van der Waals surface area contributed by atoms with E-state index >= 15 is 0 Å². The Morgan fingerprint density at radius 3 is 2.41 bits per heavy atom. The highest BCUT2D eigenvalue weighted by molar-refractivity contribution is 5.94. The van der Waals surface area contributed by atoms with Crippen molar-refractivity contribution in [1.29, 1.82) is 0 Å². The first kappa shape index (κ1) is 19.6. The quantitative estimate of drug-likeness (QED) is 0.849. The van der Waals surface area contributed by atoms with Crippen LogP contribution in [0.4, 0.5) is 0 Å². The van der Waals surface area contributed by atoms with Crippen molar-refractivity contribution in [3.8, 4) is 0 Å². The van der Waals surface area contributed by atoms with Gasteiger partial charge >= 0.3 is 0 Å². The van der Waals surface area contributed by atoms with Crippen LogP contribution < -0.4 is 5.32 Å². The number of aryl methyl sites for hydroxylation is 2. The van der Waals surface area contributed by atoms with Crippen LogP contribution >= 0.6 is 0 Å². The fraction of sp³-hybridized carbons (Fsp3) is 0.478. The number of carbonyl (C=O) groups is 2. The molecule has 2 aromatic rings. The Hall–Kier alpha value is -2.76. The lowest BCUT2D eigenvalue weighted by atomic mass is 9.95. The van der Waals surface area contributed by atoms with Crippen LogP contribution in [0.25, 0.3) is 0 Å². The second-order valence-electron chi connectivity index (χ2n) is 8.21. The van der Waals surface area contributed by atoms with Gasteiger partial charge in [0.2, 0.25) is 5.91 Å². The van der Waals surface area contributed by atoms with E-state index in [1.54, 1.807) is 0 Å². The van der Waals surface area contributed by atoms with Gasteiger partial charge in [-0.3, -0.25) is 9.59 Å². The smallest absolute Gasteiger partial charge is 0.253 e. The Kier molecular flexibility index (Phi) is 5.60. The molecule has 0 spiro atoms. The van der Waals surface area contributed by atoms with Crippen molar-refractivity contribution in [2.75, 3.05) is 13.1 Å². The van der Waals surface area contributed by atoms with Crippen molar-refractivity contribution >= 4 is 11.8 Å². The molecule has 6 nitrogen and oxygen atoms in total. The standard InChI is InChI=1S/C23H28N4O2/c1-15-20(13-21(28)26-19-10-11-19)16(2)25-22(24-15)18-9-6-12-27(14-18)23(29)17-7-4-3-5-8-17/h3-5,7-8,18-19H,6,9-14H2,1-2H3,(H,26,28). The number of benzene rings is 1. The highest BCUT2D eigenvalue weighted by atomic mass is 16.2. The maximum atomic E-state index is 12.8. The molecule has 2 amide bonds. The summed E-state index contributed by atoms with van der Waals surface area (Å²) >= 11 is 0. The third-order valence-corrected chi connectivity index (χ3v) is 5.81. The van der Waals surface area contributed by atoms with Crippen molar-refractivity contribution in [2.45, 2.75) is 57.9 Å². The summed E-state index contributed by atoms with van der Waals surface area (Å²) in [6.45, 7) is 5.30. The molecular formula is C23H28N4O2. The number of rotatable bonds is 5. The summed E-state index contributed by atoms with van der Waals surface area (Å²) in [4.78, 5) is 36.4. The molecule has 2 aliphatic rings. The monoisotopic (exact) mass is 392 g/mol. The van der Waals surface area contributed by atoms with Gasteiger partial charge in [-0.25, -0.2) is 9.97 Å². The molecule has 6 heteroatoms. The van der Waals surface area contributed by atoms with Crippen LogP contribution in [0.2, 0.25) is 0 Å². The first-order valence-electron chi connectivity index (χ1n) is 10.5. The third-order valence-electron chi connectivity index (χ3n) is 5.81. The molecule has 2 heterocycles. The number of hydrogen-bond donors (Lipinski definition) is 1. The van der Waals surface area contributed by atoms with Gasteiger partial charge in [0.15, 0.2) is 0 Å². The van der Waals surface area contributed by atoms with E-state index in [4.69, 9.17) is 9.97 Å². The second-order valence-corrected chi connectivity index (χ2v) is 8.21. The van der Waals surface area contributed by atoms with Crippen LogP contribution in [0.15, 0.2) is 30.3 Å². The van der Waals surface area contributed by atoms with Crippen LogP contribution in [0.3, 0.4) is 0 Å². The number of nitrogens with zero attached hydrogens (tertiary/aromatic N) is 3. The third kappa shape index (κ3) is 4.63. The molecular weight excluding hydrogens is 364 g/mol. The van der Waals surface area contributed by atoms with Gasteiger partial charge in [0.25, 0.3) is 5.91 Å². The fourth-order valence-corrected chi connectivity index (χ4v) is 4.01. The summed E-state index contributed by atoms with van der Waals surface area (Å²) in [5, 5.41) is 3.03. The van der Waals surface area contributed by atoms with Gasteiger partial charge in [-0.2, -0.15) is 0 Å². The van der Waals surface area contributed by atoms with E-state index < -0.39 is 0 Å². The average Bonchev–Trinajstić information content (AvgIpc) is 3.54.